The van der Waals surface area contributed by atoms with E-state index in [4.69, 9.17) is 0 Å². The van der Waals surface area contributed by atoms with Gasteiger partial charge in [0, 0.05) is 24.8 Å². The Labute approximate surface area is 143 Å². The molecule has 0 aromatic carbocycles. The fourth-order valence-corrected chi connectivity index (χ4v) is 2.81. The molecule has 0 aliphatic heterocycles. The van der Waals surface area contributed by atoms with Crippen LogP contribution in [0.25, 0.3) is 5.82 Å². The van der Waals surface area contributed by atoms with Crippen molar-refractivity contribution in [1.82, 2.24) is 24.8 Å². The Bertz CT molecular complexity index is 827. The van der Waals surface area contributed by atoms with E-state index in [1.807, 2.05) is 35.9 Å². The highest BCUT2D eigenvalue weighted by Crippen LogP contribution is 2.13. The van der Waals surface area contributed by atoms with Crippen LogP contribution < -0.4 is 10.6 Å². The number of imidazole rings is 1. The molecule has 24 heavy (non-hydrogen) atoms. The van der Waals surface area contributed by atoms with E-state index < -0.39 is 0 Å². The molecule has 3 aromatic rings. The van der Waals surface area contributed by atoms with Crippen LogP contribution in [-0.4, -0.2) is 38.5 Å². The summed E-state index contributed by atoms with van der Waals surface area (Å²) in [6, 6.07) is 5.52. The molecular weight excluding hydrogens is 324 g/mol. The summed E-state index contributed by atoms with van der Waals surface area (Å²) in [6.45, 7) is 5.05. The first-order chi connectivity index (χ1) is 11.6. The molecule has 8 heteroatoms. The number of amides is 1. The van der Waals surface area contributed by atoms with Gasteiger partial charge in [0.25, 0.3) is 5.91 Å². The highest BCUT2D eigenvalue weighted by molar-refractivity contribution is 7.12. The normalized spacial score (nSPS) is 10.6. The van der Waals surface area contributed by atoms with Gasteiger partial charge in [0.1, 0.15) is 24.3 Å². The number of anilines is 1. The number of aryl methyl sites for hydroxylation is 1. The number of rotatable bonds is 6. The van der Waals surface area contributed by atoms with Gasteiger partial charge < -0.3 is 10.6 Å². The summed E-state index contributed by atoms with van der Waals surface area (Å²) in [4.78, 5) is 25.3. The summed E-state index contributed by atoms with van der Waals surface area (Å²) in [5.41, 5.74) is 2.02. The molecule has 0 radical (unpaired) electrons. The molecule has 3 rings (SSSR count). The summed E-state index contributed by atoms with van der Waals surface area (Å²) in [6.07, 6.45) is 3.26. The summed E-state index contributed by atoms with van der Waals surface area (Å²) in [7, 11) is 0. The first-order valence-electron chi connectivity index (χ1n) is 7.53. The minimum atomic E-state index is -0.0558. The van der Waals surface area contributed by atoms with Crippen LogP contribution in [0.5, 0.6) is 0 Å². The molecule has 0 unspecified atom stereocenters. The molecule has 1 amide bonds. The van der Waals surface area contributed by atoms with Gasteiger partial charge in [0.15, 0.2) is 0 Å². The summed E-state index contributed by atoms with van der Waals surface area (Å²) < 4.78 is 1.92. The lowest BCUT2D eigenvalue weighted by Crippen LogP contribution is -2.28. The number of hydrogen-bond donors (Lipinski definition) is 2. The van der Waals surface area contributed by atoms with Crippen molar-refractivity contribution in [1.29, 1.82) is 0 Å². The Morgan fingerprint density at radius 2 is 2.12 bits per heavy atom. The van der Waals surface area contributed by atoms with E-state index in [2.05, 4.69) is 25.6 Å². The third-order valence-electron chi connectivity index (χ3n) is 3.61. The van der Waals surface area contributed by atoms with E-state index in [1.165, 1.54) is 17.7 Å². The van der Waals surface area contributed by atoms with Gasteiger partial charge in [-0.25, -0.2) is 15.0 Å². The number of hydrogen-bond acceptors (Lipinski definition) is 6. The van der Waals surface area contributed by atoms with Crippen LogP contribution in [0.4, 0.5) is 5.82 Å². The van der Waals surface area contributed by atoms with Crippen molar-refractivity contribution in [3.63, 3.8) is 0 Å². The standard InChI is InChI=1S/C16H18N6OS/c1-11-12(2)22(10-21-11)15-8-14(19-9-20-15)17-5-6-18-16(23)13-4-3-7-24-13/h3-4,7-10H,5-6H2,1-2H3,(H,18,23)(H,17,19,20). The number of nitrogens with zero attached hydrogens (tertiary/aromatic N) is 4. The van der Waals surface area contributed by atoms with Crippen molar-refractivity contribution in [2.45, 2.75) is 13.8 Å². The number of nitrogens with one attached hydrogen (secondary N) is 2. The SMILES string of the molecule is Cc1ncn(-c2cc(NCCNC(=O)c3cccs3)ncn2)c1C. The Balaban J connectivity index is 1.55. The molecule has 2 N–H and O–H groups in total. The van der Waals surface area contributed by atoms with Gasteiger partial charge in [-0.05, 0) is 25.3 Å². The minimum absolute atomic E-state index is 0.0558. The Morgan fingerprint density at radius 3 is 2.83 bits per heavy atom. The number of carbonyl (C=O) groups excluding carboxylic acids is 1. The van der Waals surface area contributed by atoms with Gasteiger partial charge in [-0.1, -0.05) is 6.07 Å². The molecule has 0 atom stereocenters. The number of carbonyl (C=O) groups is 1. The second-order valence-corrected chi connectivity index (χ2v) is 6.15. The third-order valence-corrected chi connectivity index (χ3v) is 4.48. The molecule has 0 aliphatic carbocycles. The highest BCUT2D eigenvalue weighted by Gasteiger charge is 2.07. The van der Waals surface area contributed by atoms with Crippen molar-refractivity contribution in [3.8, 4) is 5.82 Å². The fraction of sp³-hybridized carbons (Fsp3) is 0.250. The first-order valence-corrected chi connectivity index (χ1v) is 8.41. The van der Waals surface area contributed by atoms with Gasteiger partial charge in [-0.3, -0.25) is 9.36 Å². The molecule has 7 nitrogen and oxygen atoms in total. The van der Waals surface area contributed by atoms with Crippen LogP contribution in [0, 0.1) is 13.8 Å². The van der Waals surface area contributed by atoms with Gasteiger partial charge in [-0.15, -0.1) is 11.3 Å². The predicted octanol–water partition coefficient (Wildman–Crippen LogP) is 2.18. The summed E-state index contributed by atoms with van der Waals surface area (Å²) in [5, 5.41) is 7.93. The molecule has 0 fully saturated rings. The van der Waals surface area contributed by atoms with E-state index in [0.717, 1.165) is 17.2 Å². The zero-order valence-corrected chi connectivity index (χ0v) is 14.3. The summed E-state index contributed by atoms with van der Waals surface area (Å²) >= 11 is 1.43. The predicted molar refractivity (Wildman–Crippen MR) is 93.8 cm³/mol. The quantitative estimate of drug-likeness (QED) is 0.671. The Hall–Kier alpha value is -2.74. The maximum absolute atomic E-state index is 11.8. The van der Waals surface area contributed by atoms with Crippen LogP contribution in [0.1, 0.15) is 21.1 Å². The van der Waals surface area contributed by atoms with Gasteiger partial charge in [-0.2, -0.15) is 0 Å². The van der Waals surface area contributed by atoms with Crippen molar-refractivity contribution in [3.05, 3.63) is 52.5 Å². The van der Waals surface area contributed by atoms with E-state index >= 15 is 0 Å². The van der Waals surface area contributed by atoms with Crippen molar-refractivity contribution in [2.75, 3.05) is 18.4 Å². The molecular formula is C16H18N6OS. The van der Waals surface area contributed by atoms with Crippen LogP contribution in [0.15, 0.2) is 36.2 Å². The van der Waals surface area contributed by atoms with E-state index in [-0.39, 0.29) is 5.91 Å². The lowest BCUT2D eigenvalue weighted by molar-refractivity contribution is 0.0959. The summed E-state index contributed by atoms with van der Waals surface area (Å²) in [5.74, 6) is 1.41. The van der Waals surface area contributed by atoms with Gasteiger partial charge in [0.05, 0.1) is 10.6 Å². The lowest BCUT2D eigenvalue weighted by atomic mass is 10.4. The lowest BCUT2D eigenvalue weighted by Gasteiger charge is -2.09. The monoisotopic (exact) mass is 342 g/mol. The average Bonchev–Trinajstić information content (AvgIpc) is 3.23. The average molecular weight is 342 g/mol. The van der Waals surface area contributed by atoms with Crippen LogP contribution >= 0.6 is 11.3 Å². The van der Waals surface area contributed by atoms with E-state index in [0.29, 0.717) is 23.8 Å². The molecule has 0 saturated heterocycles. The molecule has 3 heterocycles. The second-order valence-electron chi connectivity index (χ2n) is 5.21. The van der Waals surface area contributed by atoms with Crippen molar-refractivity contribution < 1.29 is 4.79 Å². The van der Waals surface area contributed by atoms with Gasteiger partial charge >= 0.3 is 0 Å². The third kappa shape index (κ3) is 3.60. The van der Waals surface area contributed by atoms with E-state index in [1.54, 1.807) is 12.4 Å². The topological polar surface area (TPSA) is 84.7 Å². The van der Waals surface area contributed by atoms with Gasteiger partial charge in [0.2, 0.25) is 0 Å². The molecule has 0 spiro atoms. The smallest absolute Gasteiger partial charge is 0.261 e. The fourth-order valence-electron chi connectivity index (χ4n) is 2.17. The molecule has 0 saturated carbocycles. The molecule has 124 valence electrons. The van der Waals surface area contributed by atoms with Crippen LogP contribution in [0.2, 0.25) is 0 Å². The van der Waals surface area contributed by atoms with Crippen LogP contribution in [-0.2, 0) is 0 Å². The maximum Gasteiger partial charge on any atom is 0.261 e. The largest absolute Gasteiger partial charge is 0.368 e. The Morgan fingerprint density at radius 1 is 1.25 bits per heavy atom. The first kappa shape index (κ1) is 16.1. The number of aromatic nitrogens is 4. The minimum Gasteiger partial charge on any atom is -0.368 e. The van der Waals surface area contributed by atoms with E-state index in [9.17, 15) is 4.79 Å². The zero-order chi connectivity index (χ0) is 16.9. The van der Waals surface area contributed by atoms with Crippen molar-refractivity contribution >= 4 is 23.1 Å². The molecule has 3 aromatic heterocycles. The van der Waals surface area contributed by atoms with Crippen LogP contribution in [0.3, 0.4) is 0 Å². The highest BCUT2D eigenvalue weighted by atomic mass is 32.1. The zero-order valence-electron chi connectivity index (χ0n) is 13.5. The maximum atomic E-state index is 11.8. The molecule has 0 aliphatic rings. The Kier molecular flexibility index (Phi) is 4.85. The second kappa shape index (κ2) is 7.22. The molecule has 0 bridgehead atoms. The number of thiophene rings is 1. The van der Waals surface area contributed by atoms with Crippen molar-refractivity contribution in [2.24, 2.45) is 0 Å².